The summed E-state index contributed by atoms with van der Waals surface area (Å²) in [6.07, 6.45) is 2.43. The van der Waals surface area contributed by atoms with Crippen molar-refractivity contribution in [3.63, 3.8) is 0 Å². The lowest BCUT2D eigenvalue weighted by molar-refractivity contribution is 0.0329. The van der Waals surface area contributed by atoms with Gasteiger partial charge in [0.1, 0.15) is 0 Å². The Bertz CT molecular complexity index is 513. The van der Waals surface area contributed by atoms with Crippen LogP contribution in [0.1, 0.15) is 24.3 Å². The number of benzene rings is 1. The molecule has 0 spiro atoms. The second-order valence-corrected chi connectivity index (χ2v) is 4.65. The summed E-state index contributed by atoms with van der Waals surface area (Å²) in [6.45, 7) is 2.60. The standard InChI is InChI=1S/C14H21N5O/c1-3-20-14(11-7-5-4-6-8-11)13(16-15)9-12-10-19(2)18-17-12/h4-8,10,13-14,16H,3,9,15H2,1-2H3. The summed E-state index contributed by atoms with van der Waals surface area (Å²) in [7, 11) is 1.85. The van der Waals surface area contributed by atoms with E-state index in [-0.39, 0.29) is 12.1 Å². The Hall–Kier alpha value is -1.76. The topological polar surface area (TPSA) is 78.0 Å². The fraction of sp³-hybridized carbons (Fsp3) is 0.429. The maximum absolute atomic E-state index is 5.86. The molecule has 1 aromatic carbocycles. The maximum Gasteiger partial charge on any atom is 0.0994 e. The minimum absolute atomic E-state index is 0.0611. The molecule has 2 aromatic rings. The lowest BCUT2D eigenvalue weighted by atomic mass is 9.99. The highest BCUT2D eigenvalue weighted by molar-refractivity contribution is 5.20. The van der Waals surface area contributed by atoms with Crippen LogP contribution in [0.3, 0.4) is 0 Å². The van der Waals surface area contributed by atoms with Crippen LogP contribution >= 0.6 is 0 Å². The van der Waals surface area contributed by atoms with Crippen LogP contribution in [-0.2, 0) is 18.2 Å². The molecule has 2 unspecified atom stereocenters. The molecule has 2 rings (SSSR count). The van der Waals surface area contributed by atoms with Gasteiger partial charge in [-0.25, -0.2) is 0 Å². The van der Waals surface area contributed by atoms with E-state index < -0.39 is 0 Å². The zero-order chi connectivity index (χ0) is 14.4. The van der Waals surface area contributed by atoms with Crippen LogP contribution in [0.2, 0.25) is 0 Å². The fourth-order valence-corrected chi connectivity index (χ4v) is 2.23. The Morgan fingerprint density at radius 1 is 1.35 bits per heavy atom. The molecule has 1 aromatic heterocycles. The smallest absolute Gasteiger partial charge is 0.0994 e. The Morgan fingerprint density at radius 3 is 2.65 bits per heavy atom. The van der Waals surface area contributed by atoms with E-state index in [0.717, 1.165) is 11.3 Å². The predicted octanol–water partition coefficient (Wildman–Crippen LogP) is 0.967. The molecule has 1 heterocycles. The van der Waals surface area contributed by atoms with Crippen molar-refractivity contribution in [3.05, 3.63) is 47.8 Å². The first-order chi connectivity index (χ1) is 9.74. The Balaban J connectivity index is 2.17. The largest absolute Gasteiger partial charge is 0.372 e. The van der Waals surface area contributed by atoms with E-state index in [0.29, 0.717) is 13.0 Å². The zero-order valence-corrected chi connectivity index (χ0v) is 11.9. The number of nitrogens with one attached hydrogen (secondary N) is 1. The molecule has 0 saturated heterocycles. The van der Waals surface area contributed by atoms with Gasteiger partial charge in [-0.1, -0.05) is 35.5 Å². The van der Waals surface area contributed by atoms with Gasteiger partial charge >= 0.3 is 0 Å². The Labute approximate surface area is 118 Å². The molecule has 0 saturated carbocycles. The van der Waals surface area contributed by atoms with Crippen molar-refractivity contribution in [2.75, 3.05) is 6.61 Å². The summed E-state index contributed by atoms with van der Waals surface area (Å²) in [5, 5.41) is 8.04. The van der Waals surface area contributed by atoms with Gasteiger partial charge in [0.2, 0.25) is 0 Å². The molecule has 0 aliphatic carbocycles. The Kier molecular flexibility index (Phi) is 5.23. The van der Waals surface area contributed by atoms with Crippen molar-refractivity contribution in [1.82, 2.24) is 20.4 Å². The lowest BCUT2D eigenvalue weighted by Gasteiger charge is -2.26. The van der Waals surface area contributed by atoms with Gasteiger partial charge in [0.25, 0.3) is 0 Å². The average molecular weight is 275 g/mol. The molecule has 0 aliphatic rings. The van der Waals surface area contributed by atoms with Gasteiger partial charge in [-0.3, -0.25) is 16.0 Å². The van der Waals surface area contributed by atoms with E-state index in [4.69, 9.17) is 10.6 Å². The fourth-order valence-electron chi connectivity index (χ4n) is 2.23. The van der Waals surface area contributed by atoms with Crippen molar-refractivity contribution >= 4 is 0 Å². The predicted molar refractivity (Wildman–Crippen MR) is 76.6 cm³/mol. The number of aromatic nitrogens is 3. The Morgan fingerprint density at radius 2 is 2.10 bits per heavy atom. The van der Waals surface area contributed by atoms with Crippen LogP contribution < -0.4 is 11.3 Å². The molecule has 0 aliphatic heterocycles. The summed E-state index contributed by atoms with van der Waals surface area (Å²) in [5.74, 6) is 5.71. The molecule has 0 fully saturated rings. The van der Waals surface area contributed by atoms with Gasteiger partial charge in [-0.2, -0.15) is 0 Å². The third-order valence-corrected chi connectivity index (χ3v) is 3.13. The van der Waals surface area contributed by atoms with Gasteiger partial charge in [0.15, 0.2) is 0 Å². The molecule has 0 radical (unpaired) electrons. The zero-order valence-electron chi connectivity index (χ0n) is 11.9. The molecule has 3 N–H and O–H groups in total. The van der Waals surface area contributed by atoms with Crippen LogP contribution in [0, 0.1) is 0 Å². The first kappa shape index (κ1) is 14.6. The minimum atomic E-state index is -0.117. The van der Waals surface area contributed by atoms with E-state index in [1.807, 2.05) is 50.5 Å². The molecule has 6 nitrogen and oxygen atoms in total. The second kappa shape index (κ2) is 7.14. The number of hydrazine groups is 1. The summed E-state index contributed by atoms with van der Waals surface area (Å²) in [6, 6.07) is 10.0. The minimum Gasteiger partial charge on any atom is -0.372 e. The molecule has 2 atom stereocenters. The summed E-state index contributed by atoms with van der Waals surface area (Å²) in [4.78, 5) is 0. The first-order valence-electron chi connectivity index (χ1n) is 6.72. The number of nitrogens with zero attached hydrogens (tertiary/aromatic N) is 3. The van der Waals surface area contributed by atoms with E-state index in [1.165, 1.54) is 0 Å². The molecular formula is C14H21N5O. The average Bonchev–Trinajstić information content (AvgIpc) is 2.89. The van der Waals surface area contributed by atoms with Crippen molar-refractivity contribution in [3.8, 4) is 0 Å². The number of hydrogen-bond acceptors (Lipinski definition) is 5. The second-order valence-electron chi connectivity index (χ2n) is 4.65. The van der Waals surface area contributed by atoms with Crippen LogP contribution in [0.15, 0.2) is 36.5 Å². The van der Waals surface area contributed by atoms with Crippen LogP contribution in [-0.4, -0.2) is 27.6 Å². The molecule has 108 valence electrons. The normalized spacial score (nSPS) is 14.2. The van der Waals surface area contributed by atoms with Crippen molar-refractivity contribution < 1.29 is 4.74 Å². The molecule has 0 amide bonds. The number of rotatable bonds is 7. The number of aryl methyl sites for hydroxylation is 1. The highest BCUT2D eigenvalue weighted by Gasteiger charge is 2.24. The van der Waals surface area contributed by atoms with Crippen molar-refractivity contribution in [2.24, 2.45) is 12.9 Å². The molecular weight excluding hydrogens is 254 g/mol. The first-order valence-corrected chi connectivity index (χ1v) is 6.72. The van der Waals surface area contributed by atoms with Gasteiger partial charge < -0.3 is 4.74 Å². The third-order valence-electron chi connectivity index (χ3n) is 3.13. The number of nitrogens with two attached hydrogens (primary N) is 1. The van der Waals surface area contributed by atoms with Crippen molar-refractivity contribution in [1.29, 1.82) is 0 Å². The third kappa shape index (κ3) is 3.63. The lowest BCUT2D eigenvalue weighted by Crippen LogP contribution is -2.42. The highest BCUT2D eigenvalue weighted by Crippen LogP contribution is 2.23. The summed E-state index contributed by atoms with van der Waals surface area (Å²) < 4.78 is 7.54. The summed E-state index contributed by atoms with van der Waals surface area (Å²) in [5.41, 5.74) is 4.82. The van der Waals surface area contributed by atoms with E-state index in [2.05, 4.69) is 15.7 Å². The quantitative estimate of drug-likeness (QED) is 0.581. The van der Waals surface area contributed by atoms with Gasteiger partial charge in [0.05, 0.1) is 17.8 Å². The van der Waals surface area contributed by atoms with Crippen molar-refractivity contribution in [2.45, 2.75) is 25.5 Å². The van der Waals surface area contributed by atoms with E-state index in [9.17, 15) is 0 Å². The highest BCUT2D eigenvalue weighted by atomic mass is 16.5. The van der Waals surface area contributed by atoms with Crippen LogP contribution in [0.5, 0.6) is 0 Å². The monoisotopic (exact) mass is 275 g/mol. The maximum atomic E-state index is 5.86. The molecule has 0 bridgehead atoms. The number of hydrogen-bond donors (Lipinski definition) is 2. The molecule has 6 heteroatoms. The summed E-state index contributed by atoms with van der Waals surface area (Å²) >= 11 is 0. The van der Waals surface area contributed by atoms with Gasteiger partial charge in [-0.15, -0.1) is 5.10 Å². The van der Waals surface area contributed by atoms with E-state index in [1.54, 1.807) is 4.68 Å². The molecule has 20 heavy (non-hydrogen) atoms. The van der Waals surface area contributed by atoms with Crippen LogP contribution in [0.4, 0.5) is 0 Å². The van der Waals surface area contributed by atoms with Crippen LogP contribution in [0.25, 0.3) is 0 Å². The van der Waals surface area contributed by atoms with Gasteiger partial charge in [-0.05, 0) is 12.5 Å². The SMILES string of the molecule is CCOC(c1ccccc1)C(Cc1cn(C)nn1)NN. The van der Waals surface area contributed by atoms with E-state index >= 15 is 0 Å². The number of ether oxygens (including phenoxy) is 1. The van der Waals surface area contributed by atoms with Gasteiger partial charge in [0, 0.05) is 26.3 Å².